The summed E-state index contributed by atoms with van der Waals surface area (Å²) in [5.41, 5.74) is 1.04. The lowest BCUT2D eigenvalue weighted by molar-refractivity contribution is -0.133. The lowest BCUT2D eigenvalue weighted by atomic mass is 10.1. The van der Waals surface area contributed by atoms with Gasteiger partial charge in [-0.2, -0.15) is 0 Å². The van der Waals surface area contributed by atoms with E-state index in [1.807, 2.05) is 31.2 Å². The maximum atomic E-state index is 12.5. The number of nitrogens with one attached hydrogen (secondary N) is 1. The molecular weight excluding hydrogens is 362 g/mol. The quantitative estimate of drug-likeness (QED) is 0.809. The van der Waals surface area contributed by atoms with Gasteiger partial charge in [0.2, 0.25) is 15.9 Å². The summed E-state index contributed by atoms with van der Waals surface area (Å²) in [5.74, 6) is 0.0528. The number of piperidine rings is 1. The highest BCUT2D eigenvalue weighted by atomic mass is 35.5. The molecule has 1 aromatic rings. The largest absolute Gasteiger partial charge is 0.338 e. The molecule has 0 bridgehead atoms. The van der Waals surface area contributed by atoms with Crippen molar-refractivity contribution in [3.63, 3.8) is 0 Å². The van der Waals surface area contributed by atoms with Crippen LogP contribution in [0.2, 0.25) is 5.02 Å². The number of carbonyl (C=O) groups excluding carboxylic acids is 1. The molecule has 1 heterocycles. The predicted octanol–water partition coefficient (Wildman–Crippen LogP) is 1.87. The van der Waals surface area contributed by atoms with E-state index >= 15 is 0 Å². The number of benzene rings is 1. The summed E-state index contributed by atoms with van der Waals surface area (Å²) in [6.45, 7) is 3.76. The van der Waals surface area contributed by atoms with Crippen LogP contribution in [0.25, 0.3) is 0 Å². The number of likely N-dealkylation sites (tertiary alicyclic amines) is 1. The van der Waals surface area contributed by atoms with Gasteiger partial charge in [-0.25, -0.2) is 13.1 Å². The van der Waals surface area contributed by atoms with Gasteiger partial charge in [-0.1, -0.05) is 23.7 Å². The molecule has 0 spiro atoms. The van der Waals surface area contributed by atoms with Crippen molar-refractivity contribution in [1.82, 2.24) is 14.5 Å². The molecule has 1 aromatic carbocycles. The van der Waals surface area contributed by atoms with Crippen LogP contribution in [-0.4, -0.2) is 63.1 Å². The highest BCUT2D eigenvalue weighted by Gasteiger charge is 2.25. The third-order valence-electron chi connectivity index (χ3n) is 4.65. The van der Waals surface area contributed by atoms with E-state index in [0.29, 0.717) is 24.7 Å². The monoisotopic (exact) mass is 387 g/mol. The zero-order valence-corrected chi connectivity index (χ0v) is 16.5. The Balaban J connectivity index is 1.84. The van der Waals surface area contributed by atoms with Gasteiger partial charge in [0.25, 0.3) is 0 Å². The summed E-state index contributed by atoms with van der Waals surface area (Å²) in [6.07, 6.45) is 2.61. The van der Waals surface area contributed by atoms with Gasteiger partial charge in [-0.05, 0) is 37.5 Å². The van der Waals surface area contributed by atoms with Crippen molar-refractivity contribution in [2.75, 3.05) is 32.9 Å². The van der Waals surface area contributed by atoms with Crippen LogP contribution < -0.4 is 4.72 Å². The van der Waals surface area contributed by atoms with Crippen LogP contribution in [0.15, 0.2) is 24.3 Å². The van der Waals surface area contributed by atoms with Crippen molar-refractivity contribution in [2.24, 2.45) is 0 Å². The Hall–Kier alpha value is -1.15. The molecule has 1 amide bonds. The summed E-state index contributed by atoms with van der Waals surface area (Å²) in [5, 5.41) is 0.676. The van der Waals surface area contributed by atoms with E-state index in [9.17, 15) is 13.2 Å². The van der Waals surface area contributed by atoms with Crippen molar-refractivity contribution < 1.29 is 13.2 Å². The number of halogens is 1. The first-order chi connectivity index (χ1) is 11.7. The van der Waals surface area contributed by atoms with E-state index in [1.165, 1.54) is 6.26 Å². The van der Waals surface area contributed by atoms with E-state index < -0.39 is 10.0 Å². The number of carbonyl (C=O) groups is 1. The third-order valence-corrected chi connectivity index (χ3v) is 5.67. The lowest BCUT2D eigenvalue weighted by Gasteiger charge is -2.33. The van der Waals surface area contributed by atoms with E-state index in [1.54, 1.807) is 11.9 Å². The molecule has 1 N–H and O–H groups in total. The van der Waals surface area contributed by atoms with Crippen molar-refractivity contribution >= 4 is 27.5 Å². The maximum Gasteiger partial charge on any atom is 0.236 e. The molecule has 0 aromatic heterocycles. The molecule has 140 valence electrons. The molecule has 1 aliphatic rings. The molecule has 0 radical (unpaired) electrons. The van der Waals surface area contributed by atoms with Gasteiger partial charge in [0.1, 0.15) is 0 Å². The number of nitrogens with zero attached hydrogens (tertiary/aromatic N) is 2. The minimum atomic E-state index is -3.18. The van der Waals surface area contributed by atoms with Crippen molar-refractivity contribution in [3.05, 3.63) is 34.9 Å². The third kappa shape index (κ3) is 6.26. The molecular formula is C17H26ClN3O3S. The molecule has 1 atom stereocenters. The van der Waals surface area contributed by atoms with Crippen LogP contribution in [0.4, 0.5) is 0 Å². The van der Waals surface area contributed by atoms with Gasteiger partial charge in [0.05, 0.1) is 18.8 Å². The highest BCUT2D eigenvalue weighted by molar-refractivity contribution is 7.88. The number of likely N-dealkylation sites (N-methyl/N-ethyl adjacent to an activating group) is 1. The van der Waals surface area contributed by atoms with Crippen molar-refractivity contribution in [3.8, 4) is 0 Å². The Bertz CT molecular complexity index is 686. The molecule has 1 unspecified atom stereocenters. The zero-order chi connectivity index (χ0) is 18.6. The van der Waals surface area contributed by atoms with Gasteiger partial charge in [0.15, 0.2) is 0 Å². The smallest absolute Gasteiger partial charge is 0.236 e. The summed E-state index contributed by atoms with van der Waals surface area (Å²) in [7, 11) is -1.37. The highest BCUT2D eigenvalue weighted by Crippen LogP contribution is 2.21. The van der Waals surface area contributed by atoms with E-state index in [0.717, 1.165) is 18.4 Å². The second-order valence-corrected chi connectivity index (χ2v) is 8.89. The Morgan fingerprint density at radius 2 is 1.88 bits per heavy atom. The fourth-order valence-electron chi connectivity index (χ4n) is 3.00. The van der Waals surface area contributed by atoms with Gasteiger partial charge < -0.3 is 4.90 Å². The second kappa shape index (κ2) is 8.49. The Morgan fingerprint density at radius 3 is 2.40 bits per heavy atom. The van der Waals surface area contributed by atoms with Crippen LogP contribution in [-0.2, 0) is 14.8 Å². The van der Waals surface area contributed by atoms with Crippen LogP contribution in [0.5, 0.6) is 0 Å². The van der Waals surface area contributed by atoms with E-state index in [2.05, 4.69) is 9.62 Å². The predicted molar refractivity (Wildman–Crippen MR) is 100 cm³/mol. The SMILES string of the molecule is CC(c1ccc(Cl)cc1)N(C)C(=O)CN1CCC(NS(C)(=O)=O)CC1. The molecule has 25 heavy (non-hydrogen) atoms. The van der Waals surface area contributed by atoms with E-state index in [-0.39, 0.29) is 18.0 Å². The molecule has 0 saturated carbocycles. The van der Waals surface area contributed by atoms with Crippen LogP contribution in [0.3, 0.4) is 0 Å². The average molecular weight is 388 g/mol. The molecule has 1 saturated heterocycles. The average Bonchev–Trinajstić information content (AvgIpc) is 2.54. The molecule has 8 heteroatoms. The number of hydrogen-bond acceptors (Lipinski definition) is 4. The first kappa shape index (κ1) is 20.2. The Morgan fingerprint density at radius 1 is 1.32 bits per heavy atom. The summed E-state index contributed by atoms with van der Waals surface area (Å²) in [6, 6.07) is 7.44. The standard InChI is InChI=1S/C17H26ClN3O3S/c1-13(14-4-6-15(18)7-5-14)20(2)17(22)12-21-10-8-16(9-11-21)19-25(3,23)24/h4-7,13,16,19H,8-12H2,1-3H3. The number of rotatable bonds is 6. The first-order valence-electron chi connectivity index (χ1n) is 8.36. The normalized spacial score (nSPS) is 18.1. The van der Waals surface area contributed by atoms with Crippen LogP contribution >= 0.6 is 11.6 Å². The molecule has 2 rings (SSSR count). The van der Waals surface area contributed by atoms with Crippen LogP contribution in [0, 0.1) is 0 Å². The van der Waals surface area contributed by atoms with Gasteiger partial charge in [0, 0.05) is 31.2 Å². The lowest BCUT2D eigenvalue weighted by Crippen LogP contribution is -2.47. The summed E-state index contributed by atoms with van der Waals surface area (Å²) < 4.78 is 25.2. The topological polar surface area (TPSA) is 69.7 Å². The minimum absolute atomic E-state index is 0.0331. The molecule has 6 nitrogen and oxygen atoms in total. The van der Waals surface area contributed by atoms with Crippen LogP contribution in [0.1, 0.15) is 31.4 Å². The number of amides is 1. The summed E-state index contributed by atoms with van der Waals surface area (Å²) in [4.78, 5) is 16.4. The number of sulfonamides is 1. The first-order valence-corrected chi connectivity index (χ1v) is 10.6. The fraction of sp³-hybridized carbons (Fsp3) is 0.588. The second-order valence-electron chi connectivity index (χ2n) is 6.67. The zero-order valence-electron chi connectivity index (χ0n) is 14.9. The summed E-state index contributed by atoms with van der Waals surface area (Å²) >= 11 is 5.91. The van der Waals surface area contributed by atoms with Gasteiger partial charge in [-0.15, -0.1) is 0 Å². The molecule has 1 fully saturated rings. The van der Waals surface area contributed by atoms with Crippen molar-refractivity contribution in [2.45, 2.75) is 31.8 Å². The molecule has 1 aliphatic heterocycles. The number of hydrogen-bond donors (Lipinski definition) is 1. The van der Waals surface area contributed by atoms with Gasteiger partial charge in [-0.3, -0.25) is 9.69 Å². The maximum absolute atomic E-state index is 12.5. The fourth-order valence-corrected chi connectivity index (χ4v) is 3.96. The Labute approximate surface area is 155 Å². The Kier molecular flexibility index (Phi) is 6.85. The molecule has 0 aliphatic carbocycles. The van der Waals surface area contributed by atoms with Crippen molar-refractivity contribution in [1.29, 1.82) is 0 Å². The van der Waals surface area contributed by atoms with E-state index in [4.69, 9.17) is 11.6 Å². The van der Waals surface area contributed by atoms with Gasteiger partial charge >= 0.3 is 0 Å². The minimum Gasteiger partial charge on any atom is -0.338 e.